The van der Waals surface area contributed by atoms with Crippen molar-refractivity contribution >= 4 is 11.8 Å². The summed E-state index contributed by atoms with van der Waals surface area (Å²) in [5.74, 6) is 2.34. The average molecular weight is 339 g/mol. The smallest absolute Gasteiger partial charge is 0.192 e. The van der Waals surface area contributed by atoms with Gasteiger partial charge in [0.2, 0.25) is 0 Å². The molecule has 24 heavy (non-hydrogen) atoms. The van der Waals surface area contributed by atoms with E-state index in [1.165, 1.54) is 5.56 Å². The number of rotatable bonds is 7. The fourth-order valence-electron chi connectivity index (χ4n) is 2.16. The monoisotopic (exact) mass is 339 g/mol. The molecule has 0 fully saturated rings. The van der Waals surface area contributed by atoms with Crippen molar-refractivity contribution in [3.63, 3.8) is 0 Å². The normalized spacial score (nSPS) is 10.5. The van der Waals surface area contributed by atoms with Crippen LogP contribution in [0, 0.1) is 0 Å². The second-order valence-corrected chi connectivity index (χ2v) is 5.88. The number of methoxy groups -OCH3 is 1. The zero-order chi connectivity index (χ0) is 16.8. The van der Waals surface area contributed by atoms with Crippen LogP contribution in [0.1, 0.15) is 5.56 Å². The van der Waals surface area contributed by atoms with Crippen LogP contribution in [0.2, 0.25) is 0 Å². The molecule has 0 saturated carbocycles. The first kappa shape index (κ1) is 16.2. The molecule has 0 amide bonds. The molecule has 0 aliphatic heterocycles. The minimum atomic E-state index is 0.615. The number of nitrogens with zero attached hydrogens (tertiary/aromatic N) is 5. The second-order valence-electron chi connectivity index (χ2n) is 4.93. The average Bonchev–Trinajstić information content (AvgIpc) is 3.04. The maximum atomic E-state index is 5.18. The third-order valence-corrected chi connectivity index (χ3v) is 4.39. The highest BCUT2D eigenvalue weighted by Crippen LogP contribution is 2.26. The Labute approximate surface area is 144 Å². The minimum absolute atomic E-state index is 0.615. The van der Waals surface area contributed by atoms with Gasteiger partial charge in [0.1, 0.15) is 11.4 Å². The Bertz CT molecular complexity index is 802. The van der Waals surface area contributed by atoms with E-state index in [2.05, 4.69) is 26.7 Å². The highest BCUT2D eigenvalue weighted by Gasteiger charge is 2.14. The summed E-state index contributed by atoms with van der Waals surface area (Å²) in [7, 11) is 1.66. The number of hydrogen-bond acceptors (Lipinski definition) is 6. The lowest BCUT2D eigenvalue weighted by Crippen LogP contribution is -2.01. The van der Waals surface area contributed by atoms with Gasteiger partial charge in [-0.15, -0.1) is 16.8 Å². The summed E-state index contributed by atoms with van der Waals surface area (Å²) in [6.07, 6.45) is 6.78. The third kappa shape index (κ3) is 3.62. The van der Waals surface area contributed by atoms with Crippen molar-refractivity contribution in [2.45, 2.75) is 17.5 Å². The summed E-state index contributed by atoms with van der Waals surface area (Å²) in [5, 5.41) is 9.39. The molecule has 0 saturated heterocycles. The first-order valence-electron chi connectivity index (χ1n) is 7.38. The standard InChI is InChI=1S/C17H17N5OS/c1-3-10-22-16(15-11-18-8-9-19-15)20-21-17(22)24-12-13-4-6-14(23-2)7-5-13/h3-9,11H,1,10,12H2,2H3. The van der Waals surface area contributed by atoms with Crippen LogP contribution < -0.4 is 4.74 Å². The molecule has 0 aliphatic carbocycles. The highest BCUT2D eigenvalue weighted by atomic mass is 32.2. The molecule has 0 N–H and O–H groups in total. The number of hydrogen-bond donors (Lipinski definition) is 0. The molecule has 3 aromatic rings. The van der Waals surface area contributed by atoms with Crippen LogP contribution in [0.3, 0.4) is 0 Å². The Kier molecular flexibility index (Phi) is 5.22. The Balaban J connectivity index is 1.80. The fourth-order valence-corrected chi connectivity index (χ4v) is 3.07. The second kappa shape index (κ2) is 7.74. The maximum Gasteiger partial charge on any atom is 0.192 e. The van der Waals surface area contributed by atoms with Crippen LogP contribution in [0.5, 0.6) is 5.75 Å². The van der Waals surface area contributed by atoms with Crippen molar-refractivity contribution in [3.05, 3.63) is 61.1 Å². The van der Waals surface area contributed by atoms with Crippen molar-refractivity contribution in [1.29, 1.82) is 0 Å². The van der Waals surface area contributed by atoms with Crippen LogP contribution in [0.15, 0.2) is 60.7 Å². The molecular weight excluding hydrogens is 322 g/mol. The SMILES string of the molecule is C=CCn1c(SCc2ccc(OC)cc2)nnc1-c1cnccn1. The quantitative estimate of drug-likeness (QED) is 0.486. The molecule has 0 radical (unpaired) electrons. The topological polar surface area (TPSA) is 65.7 Å². The zero-order valence-electron chi connectivity index (χ0n) is 13.3. The molecule has 1 aromatic carbocycles. The zero-order valence-corrected chi connectivity index (χ0v) is 14.1. The van der Waals surface area contributed by atoms with Crippen molar-refractivity contribution in [2.75, 3.05) is 7.11 Å². The lowest BCUT2D eigenvalue weighted by molar-refractivity contribution is 0.414. The van der Waals surface area contributed by atoms with Crippen molar-refractivity contribution in [3.8, 4) is 17.3 Å². The Morgan fingerprint density at radius 2 is 2.04 bits per heavy atom. The number of ether oxygens (including phenoxy) is 1. The number of aromatic nitrogens is 5. The van der Waals surface area contributed by atoms with Gasteiger partial charge in [0.25, 0.3) is 0 Å². The Morgan fingerprint density at radius 1 is 1.21 bits per heavy atom. The summed E-state index contributed by atoms with van der Waals surface area (Å²) in [4.78, 5) is 8.39. The van der Waals surface area contributed by atoms with Gasteiger partial charge in [-0.3, -0.25) is 9.55 Å². The molecular formula is C17H17N5OS. The highest BCUT2D eigenvalue weighted by molar-refractivity contribution is 7.98. The van der Waals surface area contributed by atoms with Gasteiger partial charge >= 0.3 is 0 Å². The maximum absolute atomic E-state index is 5.18. The Hall–Kier alpha value is -2.67. The molecule has 2 aromatic heterocycles. The van der Waals surface area contributed by atoms with Gasteiger partial charge in [-0.1, -0.05) is 30.0 Å². The predicted octanol–water partition coefficient (Wildman–Crippen LogP) is 3.22. The molecule has 0 unspecified atom stereocenters. The third-order valence-electron chi connectivity index (χ3n) is 3.35. The van der Waals surface area contributed by atoms with Gasteiger partial charge in [-0.2, -0.15) is 0 Å². The predicted molar refractivity (Wildman–Crippen MR) is 93.8 cm³/mol. The van der Waals surface area contributed by atoms with Crippen molar-refractivity contribution in [1.82, 2.24) is 24.7 Å². The number of thioether (sulfide) groups is 1. The first-order chi connectivity index (χ1) is 11.8. The van der Waals surface area contributed by atoms with Crippen LogP contribution >= 0.6 is 11.8 Å². The number of benzene rings is 1. The van der Waals surface area contributed by atoms with Gasteiger partial charge in [0.15, 0.2) is 11.0 Å². The van der Waals surface area contributed by atoms with Crippen molar-refractivity contribution in [2.24, 2.45) is 0 Å². The summed E-state index contributed by atoms with van der Waals surface area (Å²) in [5.41, 5.74) is 1.89. The molecule has 122 valence electrons. The molecule has 2 heterocycles. The van der Waals surface area contributed by atoms with E-state index in [9.17, 15) is 0 Å². The van der Waals surface area contributed by atoms with E-state index in [1.54, 1.807) is 37.5 Å². The lowest BCUT2D eigenvalue weighted by atomic mass is 10.2. The van der Waals surface area contributed by atoms with Gasteiger partial charge in [-0.05, 0) is 17.7 Å². The van der Waals surface area contributed by atoms with E-state index in [4.69, 9.17) is 4.74 Å². The van der Waals surface area contributed by atoms with Crippen LogP contribution in [0.4, 0.5) is 0 Å². The molecule has 0 atom stereocenters. The van der Waals surface area contributed by atoms with Crippen LogP contribution in [-0.4, -0.2) is 31.8 Å². The van der Waals surface area contributed by atoms with Gasteiger partial charge in [0, 0.05) is 24.7 Å². The van der Waals surface area contributed by atoms with Crippen molar-refractivity contribution < 1.29 is 4.74 Å². The summed E-state index contributed by atoms with van der Waals surface area (Å²) in [6.45, 7) is 4.43. The van der Waals surface area contributed by atoms with E-state index in [1.807, 2.05) is 34.9 Å². The largest absolute Gasteiger partial charge is 0.497 e. The van der Waals surface area contributed by atoms with Gasteiger partial charge < -0.3 is 4.74 Å². The summed E-state index contributed by atoms with van der Waals surface area (Å²) >= 11 is 1.62. The lowest BCUT2D eigenvalue weighted by Gasteiger charge is -2.07. The molecule has 7 heteroatoms. The van der Waals surface area contributed by atoms with E-state index >= 15 is 0 Å². The molecule has 3 rings (SSSR count). The molecule has 0 spiro atoms. The van der Waals surface area contributed by atoms with Crippen LogP contribution in [0.25, 0.3) is 11.5 Å². The van der Waals surface area contributed by atoms with E-state index in [0.717, 1.165) is 16.7 Å². The van der Waals surface area contributed by atoms with Crippen LogP contribution in [-0.2, 0) is 12.3 Å². The minimum Gasteiger partial charge on any atom is -0.497 e. The van der Waals surface area contributed by atoms with E-state index in [0.29, 0.717) is 18.1 Å². The van der Waals surface area contributed by atoms with Gasteiger partial charge in [-0.25, -0.2) is 4.98 Å². The molecule has 6 nitrogen and oxygen atoms in total. The summed E-state index contributed by atoms with van der Waals surface area (Å²) in [6, 6.07) is 8.00. The molecule has 0 aliphatic rings. The Morgan fingerprint density at radius 3 is 2.71 bits per heavy atom. The first-order valence-corrected chi connectivity index (χ1v) is 8.36. The van der Waals surface area contributed by atoms with Gasteiger partial charge in [0.05, 0.1) is 13.3 Å². The van der Waals surface area contributed by atoms with E-state index < -0.39 is 0 Å². The van der Waals surface area contributed by atoms with E-state index in [-0.39, 0.29) is 0 Å². The fraction of sp³-hybridized carbons (Fsp3) is 0.176. The number of allylic oxidation sites excluding steroid dienone is 1. The summed E-state index contributed by atoms with van der Waals surface area (Å²) < 4.78 is 7.17. The molecule has 0 bridgehead atoms.